The van der Waals surface area contributed by atoms with E-state index in [1.54, 1.807) is 53.7 Å². The van der Waals surface area contributed by atoms with Crippen LogP contribution < -0.4 is 86.7 Å². The molecule has 15 amide bonds. The van der Waals surface area contributed by atoms with Crippen LogP contribution in [0.2, 0.25) is 0 Å². The van der Waals surface area contributed by atoms with Crippen molar-refractivity contribution < 1.29 is 82.1 Å². The normalized spacial score (nSPS) is 16.8. The lowest BCUT2D eigenvalue weighted by molar-refractivity contribution is -0.140. The molecule has 0 aromatic heterocycles. The molecule has 0 aliphatic carbocycles. The van der Waals surface area contributed by atoms with Gasteiger partial charge in [0.2, 0.25) is 88.6 Å². The summed E-state index contributed by atoms with van der Waals surface area (Å²) in [4.78, 5) is 205. The molecule has 34 nitrogen and oxygen atoms in total. The predicted molar refractivity (Wildman–Crippen MR) is 374 cm³/mol. The van der Waals surface area contributed by atoms with E-state index in [-0.39, 0.29) is 50.9 Å². The topological polar surface area (TPSA) is 548 Å². The Kier molecular flexibility index (Phi) is 41.8. The Labute approximate surface area is 592 Å². The predicted octanol–water partition coefficient (Wildman–Crippen LogP) is -3.69. The van der Waals surface area contributed by atoms with Crippen LogP contribution in [-0.4, -0.2) is 215 Å². The Morgan fingerprint density at radius 2 is 0.950 bits per heavy atom. The van der Waals surface area contributed by atoms with E-state index in [4.69, 9.17) is 22.9 Å². The number of carbonyl (C=O) groups is 15. The maximum Gasteiger partial charge on any atom is 0.246 e. The molecule has 0 spiro atoms. The van der Waals surface area contributed by atoms with E-state index in [0.717, 1.165) is 0 Å². The molecule has 0 bridgehead atoms. The van der Waals surface area contributed by atoms with Crippen molar-refractivity contribution in [3.05, 3.63) is 25.3 Å². The number of hydrogen-bond acceptors (Lipinski definition) is 19. The summed E-state index contributed by atoms with van der Waals surface area (Å²) < 4.78 is 0. The molecule has 101 heavy (non-hydrogen) atoms. The van der Waals surface area contributed by atoms with E-state index in [2.05, 4.69) is 77.0 Å². The number of primary amides is 2. The molecule has 1 aliphatic heterocycles. The SMILES string of the molecule is C=CCCC[C@@](C)(NC(=O)[C@@H](NC(=O)[C@H](CO)NC(=O)[C@H](CCC(N)=O)NC(=O)[C@@](C)(CCCC=C)NC(=O)[C@@H](NC(=O)[C@H](CCCCN)NC(=O)[C@@H]1CCCN1C(C)=O)[C@@H](C)CC)C(C)C)C(=O)N[C@H](C(=O)N[C@@H](CO)C(=O)NCC(=O)N[C@@H](CCCCN)C(=O)NCC(N)=O)[C@@H](C)CC. The quantitative estimate of drug-likeness (QED) is 0.0206. The van der Waals surface area contributed by atoms with Crippen LogP contribution in [0.15, 0.2) is 25.3 Å². The van der Waals surface area contributed by atoms with E-state index in [1.807, 2.05) is 0 Å². The number of likely N-dealkylation sites (tertiary alicyclic amines) is 1. The van der Waals surface area contributed by atoms with Crippen LogP contribution in [0.4, 0.5) is 0 Å². The lowest BCUT2D eigenvalue weighted by atomic mass is 9.90. The van der Waals surface area contributed by atoms with Gasteiger partial charge in [0, 0.05) is 19.9 Å². The van der Waals surface area contributed by atoms with Crippen molar-refractivity contribution in [3.63, 3.8) is 0 Å². The van der Waals surface area contributed by atoms with Gasteiger partial charge in [-0.15, -0.1) is 13.2 Å². The van der Waals surface area contributed by atoms with E-state index in [1.165, 1.54) is 25.7 Å². The molecule has 1 fully saturated rings. The number of rotatable bonds is 51. The zero-order chi connectivity index (χ0) is 76.7. The minimum Gasteiger partial charge on any atom is -0.394 e. The van der Waals surface area contributed by atoms with Gasteiger partial charge in [-0.3, -0.25) is 71.9 Å². The molecule has 1 aliphatic rings. The third-order valence-corrected chi connectivity index (χ3v) is 17.7. The summed E-state index contributed by atoms with van der Waals surface area (Å²) in [6.07, 6.45) is 7.04. The number of allylic oxidation sites excluding steroid dienone is 2. The monoisotopic (exact) mass is 1430 g/mol. The molecule has 0 radical (unpaired) electrons. The molecule has 1 heterocycles. The minimum atomic E-state index is -1.86. The highest BCUT2D eigenvalue weighted by molar-refractivity contribution is 6.01. The number of amides is 15. The van der Waals surface area contributed by atoms with Gasteiger partial charge in [0.05, 0.1) is 26.3 Å². The molecule has 1 rings (SSSR count). The molecule has 0 aromatic rings. The average molecular weight is 1430 g/mol. The molecular formula is C67H117N17O17. The second-order valence-corrected chi connectivity index (χ2v) is 26.5. The van der Waals surface area contributed by atoms with Crippen LogP contribution in [0.25, 0.3) is 0 Å². The van der Waals surface area contributed by atoms with Crippen LogP contribution in [0.5, 0.6) is 0 Å². The van der Waals surface area contributed by atoms with Crippen molar-refractivity contribution in [2.45, 2.75) is 243 Å². The fourth-order valence-corrected chi connectivity index (χ4v) is 10.9. The Bertz CT molecular complexity index is 2830. The van der Waals surface area contributed by atoms with E-state index >= 15 is 0 Å². The fraction of sp³-hybridized carbons (Fsp3) is 0.716. The summed E-state index contributed by atoms with van der Waals surface area (Å²) in [6, 6.07) is -12.5. The number of aliphatic hydroxyl groups excluding tert-OH is 2. The summed E-state index contributed by atoms with van der Waals surface area (Å²) >= 11 is 0. The van der Waals surface area contributed by atoms with Crippen molar-refractivity contribution in [1.29, 1.82) is 0 Å². The van der Waals surface area contributed by atoms with Gasteiger partial charge in [0.25, 0.3) is 0 Å². The fourth-order valence-electron chi connectivity index (χ4n) is 10.9. The Hall–Kier alpha value is -8.63. The van der Waals surface area contributed by atoms with Crippen molar-refractivity contribution in [2.75, 3.05) is 45.9 Å². The van der Waals surface area contributed by atoms with Gasteiger partial charge in [-0.1, -0.05) is 66.5 Å². The lowest BCUT2D eigenvalue weighted by Gasteiger charge is -2.35. The summed E-state index contributed by atoms with van der Waals surface area (Å²) in [6.45, 7) is 19.2. The van der Waals surface area contributed by atoms with Gasteiger partial charge in [-0.05, 0) is 141 Å². The molecule has 34 heteroatoms. The molecule has 0 aromatic carbocycles. The first kappa shape index (κ1) is 90.4. The van der Waals surface area contributed by atoms with Crippen LogP contribution in [0.1, 0.15) is 178 Å². The van der Waals surface area contributed by atoms with Crippen LogP contribution in [0, 0.1) is 17.8 Å². The molecule has 22 N–H and O–H groups in total. The third kappa shape index (κ3) is 31.4. The second-order valence-electron chi connectivity index (χ2n) is 26.5. The van der Waals surface area contributed by atoms with Crippen molar-refractivity contribution in [2.24, 2.45) is 40.7 Å². The van der Waals surface area contributed by atoms with Crippen LogP contribution in [0.3, 0.4) is 0 Å². The summed E-state index contributed by atoms with van der Waals surface area (Å²) in [5, 5.41) is 51.5. The maximum atomic E-state index is 14.7. The summed E-state index contributed by atoms with van der Waals surface area (Å²) in [7, 11) is 0. The Morgan fingerprint density at radius 1 is 0.515 bits per heavy atom. The summed E-state index contributed by atoms with van der Waals surface area (Å²) in [5.74, 6) is -14.5. The van der Waals surface area contributed by atoms with E-state index in [0.29, 0.717) is 77.4 Å². The van der Waals surface area contributed by atoms with Gasteiger partial charge in [-0.25, -0.2) is 0 Å². The molecular weight excluding hydrogens is 1310 g/mol. The Balaban J connectivity index is 3.54. The van der Waals surface area contributed by atoms with Crippen LogP contribution in [-0.2, 0) is 71.9 Å². The average Bonchev–Trinajstić information content (AvgIpc) is 1.14. The minimum absolute atomic E-state index is 0.0698. The number of unbranched alkanes of at least 4 members (excludes halogenated alkanes) is 4. The zero-order valence-electron chi connectivity index (χ0n) is 60.4. The number of hydrogen-bond donors (Lipinski definition) is 18. The van der Waals surface area contributed by atoms with Crippen molar-refractivity contribution >= 4 is 88.6 Å². The van der Waals surface area contributed by atoms with Gasteiger partial charge < -0.3 is 102 Å². The molecule has 13 atom stereocenters. The molecule has 0 saturated carbocycles. The number of aliphatic hydroxyl groups is 2. The number of nitrogens with two attached hydrogens (primary N) is 4. The summed E-state index contributed by atoms with van der Waals surface area (Å²) in [5.41, 5.74) is 18.2. The molecule has 0 unspecified atom stereocenters. The first-order valence-corrected chi connectivity index (χ1v) is 34.9. The standard InChI is InChI=1S/C67H117N17O17/c1-12-16-20-30-66(10,83-63(99)54(41(8)15-4)80-58(94)44(26-19-23-33-69)75-60(96)48-27-24-34-84(48)42(9)87)64(100)78-45(28-29-49(70)88)57(93)76-47(38-86)59(95)79-52(39(5)6)62(98)82-67(11,31-21-17-13-2)65(101)81-53(40(7)14-3)61(97)77-46(37-85)56(92)73-36-51(90)74-43(25-18-22-32-68)55(91)72-35-50(71)89/h12-13,39-41,43-48,52-54,85-86H,1-2,14-38,68-69H2,3-11H3,(H2,70,88)(H2,71,89)(H,72,91)(H,73,92)(H,74,90)(H,75,96)(H,76,93)(H,77,97)(H,78,100)(H,79,95)(H,80,94)(H,81,101)(H,82,98)(H,83,99)/t40-,41-,43-,44-,45-,46-,47-,48-,52-,53-,54-,66+,67+/m0/s1. The molecule has 572 valence electrons. The number of carbonyl (C=O) groups excluding carboxylic acids is 15. The smallest absolute Gasteiger partial charge is 0.246 e. The van der Waals surface area contributed by atoms with E-state index in [9.17, 15) is 82.1 Å². The van der Waals surface area contributed by atoms with Gasteiger partial charge in [0.15, 0.2) is 0 Å². The lowest BCUT2D eigenvalue weighted by Crippen LogP contribution is -2.66. The Morgan fingerprint density at radius 3 is 1.43 bits per heavy atom. The first-order chi connectivity index (χ1) is 47.6. The first-order valence-electron chi connectivity index (χ1n) is 34.9. The largest absolute Gasteiger partial charge is 0.394 e. The maximum absolute atomic E-state index is 14.7. The zero-order valence-corrected chi connectivity index (χ0v) is 60.4. The van der Waals surface area contributed by atoms with Gasteiger partial charge >= 0.3 is 0 Å². The van der Waals surface area contributed by atoms with Gasteiger partial charge in [0.1, 0.15) is 65.5 Å². The highest BCUT2D eigenvalue weighted by Gasteiger charge is 2.44. The van der Waals surface area contributed by atoms with E-state index < -0.39 is 205 Å². The number of nitrogens with zero attached hydrogens (tertiary/aromatic N) is 1. The second kappa shape index (κ2) is 46.7. The van der Waals surface area contributed by atoms with Crippen molar-refractivity contribution in [3.8, 4) is 0 Å². The van der Waals surface area contributed by atoms with Gasteiger partial charge in [-0.2, -0.15) is 0 Å². The number of nitrogens with one attached hydrogen (secondary N) is 12. The highest BCUT2D eigenvalue weighted by Crippen LogP contribution is 2.23. The third-order valence-electron chi connectivity index (χ3n) is 17.7. The van der Waals surface area contributed by atoms with Crippen LogP contribution >= 0.6 is 0 Å². The highest BCUT2D eigenvalue weighted by atomic mass is 16.3. The molecule has 1 saturated heterocycles. The van der Waals surface area contributed by atoms with Crippen molar-refractivity contribution in [1.82, 2.24) is 68.7 Å².